The minimum atomic E-state index is -3.85. The fourth-order valence-electron chi connectivity index (χ4n) is 0.810. The number of carboxylic acid groups (broad SMARTS) is 1. The van der Waals surface area contributed by atoms with E-state index in [1.165, 1.54) is 0 Å². The molecule has 78 valence electrons. The second-order valence-corrected chi connectivity index (χ2v) is 6.52. The van der Waals surface area contributed by atoms with E-state index in [9.17, 15) is 13.2 Å². The second kappa shape index (κ2) is 3.74. The van der Waals surface area contributed by atoms with E-state index in [1.54, 1.807) is 0 Å². The number of carboxylic acids is 1. The van der Waals surface area contributed by atoms with E-state index >= 15 is 0 Å². The van der Waals surface area contributed by atoms with Crippen LogP contribution in [0.3, 0.4) is 0 Å². The summed E-state index contributed by atoms with van der Waals surface area (Å²) in [6.45, 7) is 3.61. The lowest BCUT2D eigenvalue weighted by Crippen LogP contribution is -2.16. The fourth-order valence-corrected chi connectivity index (χ4v) is 3.48. The number of nitrogens with zero attached hydrogens (tertiary/aromatic N) is 1. The van der Waals surface area contributed by atoms with Crippen molar-refractivity contribution in [2.24, 2.45) is 4.99 Å². The number of carbonyl (C=O) groups is 1. The summed E-state index contributed by atoms with van der Waals surface area (Å²) in [7, 11) is -3.85. The van der Waals surface area contributed by atoms with Gasteiger partial charge in [-0.05, 0) is 0 Å². The van der Waals surface area contributed by atoms with Crippen LogP contribution in [0.15, 0.2) is 16.1 Å². The van der Waals surface area contributed by atoms with Crippen LogP contribution >= 0.6 is 11.8 Å². The number of thioether (sulfide) groups is 1. The summed E-state index contributed by atoms with van der Waals surface area (Å²) in [5.41, 5.74) is 0. The van der Waals surface area contributed by atoms with Crippen molar-refractivity contribution >= 4 is 31.9 Å². The summed E-state index contributed by atoms with van der Waals surface area (Å²) in [6, 6.07) is 0. The lowest BCUT2D eigenvalue weighted by atomic mass is 10.6. The SMILES string of the molecule is CC(C)SC1=NC=C(C(=O)O)S1(=O)=O. The van der Waals surface area contributed by atoms with Crippen molar-refractivity contribution in [2.75, 3.05) is 0 Å². The van der Waals surface area contributed by atoms with Gasteiger partial charge in [-0.15, -0.1) is 0 Å². The summed E-state index contributed by atoms with van der Waals surface area (Å²) in [4.78, 5) is 13.4. The lowest BCUT2D eigenvalue weighted by Gasteiger charge is -2.04. The first-order valence-corrected chi connectivity index (χ1v) is 6.15. The van der Waals surface area contributed by atoms with Crippen LogP contribution < -0.4 is 0 Å². The second-order valence-electron chi connectivity index (χ2n) is 2.86. The standard InChI is InChI=1S/C7H9NO4S2/c1-4(2)13-7-8-3-5(6(9)10)14(7,11)12/h3-4H,1-2H3,(H,9,10). The van der Waals surface area contributed by atoms with Gasteiger partial charge in [0.25, 0.3) is 0 Å². The van der Waals surface area contributed by atoms with Crippen LogP contribution in [-0.2, 0) is 14.6 Å². The van der Waals surface area contributed by atoms with Gasteiger partial charge in [-0.25, -0.2) is 18.2 Å². The first kappa shape index (κ1) is 11.3. The largest absolute Gasteiger partial charge is 0.477 e. The maximum absolute atomic E-state index is 11.5. The van der Waals surface area contributed by atoms with Gasteiger partial charge in [-0.2, -0.15) is 0 Å². The van der Waals surface area contributed by atoms with Crippen molar-refractivity contribution in [3.05, 3.63) is 11.1 Å². The Hall–Kier alpha value is -0.820. The summed E-state index contributed by atoms with van der Waals surface area (Å²) in [5, 5.41) is 8.62. The van der Waals surface area contributed by atoms with Gasteiger partial charge in [0.05, 0.1) is 6.20 Å². The van der Waals surface area contributed by atoms with Gasteiger partial charge in [0.15, 0.2) is 9.28 Å². The summed E-state index contributed by atoms with van der Waals surface area (Å²) < 4.78 is 22.8. The summed E-state index contributed by atoms with van der Waals surface area (Å²) >= 11 is 1.04. The van der Waals surface area contributed by atoms with Crippen LogP contribution in [0.25, 0.3) is 0 Å². The number of sulfone groups is 1. The predicted molar refractivity (Wildman–Crippen MR) is 54.8 cm³/mol. The Balaban J connectivity index is 2.98. The molecule has 1 aliphatic rings. The average Bonchev–Trinajstić information content (AvgIpc) is 2.26. The Morgan fingerprint density at radius 2 is 2.14 bits per heavy atom. The van der Waals surface area contributed by atoms with E-state index in [0.29, 0.717) is 0 Å². The number of aliphatic carboxylic acids is 1. The molecule has 0 aromatic rings. The maximum Gasteiger partial charge on any atom is 0.349 e. The van der Waals surface area contributed by atoms with Crippen molar-refractivity contribution in [1.82, 2.24) is 0 Å². The van der Waals surface area contributed by atoms with Crippen molar-refractivity contribution < 1.29 is 18.3 Å². The molecule has 0 unspecified atom stereocenters. The molecule has 0 fully saturated rings. The monoisotopic (exact) mass is 235 g/mol. The first-order valence-electron chi connectivity index (χ1n) is 3.78. The third-order valence-corrected chi connectivity index (χ3v) is 4.50. The molecule has 14 heavy (non-hydrogen) atoms. The van der Waals surface area contributed by atoms with Crippen LogP contribution in [0, 0.1) is 0 Å². The van der Waals surface area contributed by atoms with Gasteiger partial charge in [0.2, 0.25) is 9.84 Å². The minimum absolute atomic E-state index is 0.0464. The zero-order chi connectivity index (χ0) is 10.9. The molecule has 0 aromatic carbocycles. The predicted octanol–water partition coefficient (Wildman–Crippen LogP) is 0.838. The van der Waals surface area contributed by atoms with E-state index in [2.05, 4.69) is 4.99 Å². The first-order chi connectivity index (χ1) is 6.35. The van der Waals surface area contributed by atoms with Gasteiger partial charge in [0.1, 0.15) is 0 Å². The van der Waals surface area contributed by atoms with E-state index in [4.69, 9.17) is 5.11 Å². The van der Waals surface area contributed by atoms with E-state index in [0.717, 1.165) is 18.0 Å². The molecule has 0 spiro atoms. The molecule has 1 rings (SSSR count). The molecule has 0 saturated carbocycles. The smallest absolute Gasteiger partial charge is 0.349 e. The van der Waals surface area contributed by atoms with E-state index in [-0.39, 0.29) is 9.63 Å². The molecule has 0 aliphatic carbocycles. The van der Waals surface area contributed by atoms with Crippen molar-refractivity contribution in [3.8, 4) is 0 Å². The highest BCUT2D eigenvalue weighted by atomic mass is 32.3. The summed E-state index contributed by atoms with van der Waals surface area (Å²) in [5.74, 6) is -1.46. The molecule has 0 atom stereocenters. The average molecular weight is 235 g/mol. The van der Waals surface area contributed by atoms with Gasteiger partial charge in [0, 0.05) is 5.25 Å². The molecule has 0 amide bonds. The molecular weight excluding hydrogens is 226 g/mol. The molecule has 1 heterocycles. The van der Waals surface area contributed by atoms with E-state index in [1.807, 2.05) is 13.8 Å². The lowest BCUT2D eigenvalue weighted by molar-refractivity contribution is -0.131. The molecule has 0 bridgehead atoms. The molecule has 1 aliphatic heterocycles. The maximum atomic E-state index is 11.5. The highest BCUT2D eigenvalue weighted by molar-refractivity contribution is 8.37. The number of rotatable bonds is 2. The van der Waals surface area contributed by atoms with E-state index < -0.39 is 20.7 Å². The third-order valence-electron chi connectivity index (χ3n) is 1.35. The van der Waals surface area contributed by atoms with Gasteiger partial charge < -0.3 is 5.11 Å². The van der Waals surface area contributed by atoms with Crippen LogP contribution in [-0.4, -0.2) is 29.1 Å². The highest BCUT2D eigenvalue weighted by Crippen LogP contribution is 2.26. The topological polar surface area (TPSA) is 83.8 Å². The van der Waals surface area contributed by atoms with Crippen LogP contribution in [0.5, 0.6) is 0 Å². The van der Waals surface area contributed by atoms with Crippen LogP contribution in [0.4, 0.5) is 0 Å². The zero-order valence-electron chi connectivity index (χ0n) is 7.59. The minimum Gasteiger partial charge on any atom is -0.477 e. The Morgan fingerprint density at radius 3 is 2.50 bits per heavy atom. The van der Waals surface area contributed by atoms with Crippen molar-refractivity contribution in [1.29, 1.82) is 0 Å². The Bertz CT molecular complexity index is 419. The third kappa shape index (κ3) is 1.98. The van der Waals surface area contributed by atoms with Crippen LogP contribution in [0.2, 0.25) is 0 Å². The molecule has 1 N–H and O–H groups in total. The molecule has 0 saturated heterocycles. The molecule has 7 heteroatoms. The molecular formula is C7H9NO4S2. The molecule has 5 nitrogen and oxygen atoms in total. The van der Waals surface area contributed by atoms with Gasteiger partial charge in [-0.1, -0.05) is 25.6 Å². The number of hydrogen-bond acceptors (Lipinski definition) is 5. The zero-order valence-corrected chi connectivity index (χ0v) is 9.22. The number of hydrogen-bond donors (Lipinski definition) is 1. The Morgan fingerprint density at radius 1 is 1.57 bits per heavy atom. The van der Waals surface area contributed by atoms with Gasteiger partial charge >= 0.3 is 5.97 Å². The van der Waals surface area contributed by atoms with Crippen LogP contribution in [0.1, 0.15) is 13.8 Å². The molecule has 0 radical (unpaired) electrons. The quantitative estimate of drug-likeness (QED) is 0.766. The molecule has 0 aromatic heterocycles. The summed E-state index contributed by atoms with van der Waals surface area (Å²) in [6.07, 6.45) is 0.877. The Kier molecular flexibility index (Phi) is 3.01. The van der Waals surface area contributed by atoms with Crippen molar-refractivity contribution in [3.63, 3.8) is 0 Å². The van der Waals surface area contributed by atoms with Gasteiger partial charge in [-0.3, -0.25) is 0 Å². The fraction of sp³-hybridized carbons (Fsp3) is 0.429. The van der Waals surface area contributed by atoms with Crippen molar-refractivity contribution in [2.45, 2.75) is 19.1 Å². The normalized spacial score (nSPS) is 19.4. The number of aliphatic imine (C=N–C) groups is 1. The highest BCUT2D eigenvalue weighted by Gasteiger charge is 2.35. The Labute approximate surface area is 85.8 Å².